The molecule has 0 saturated heterocycles. The Balaban J connectivity index is 1.38. The number of carbonyl (C=O) groups excluding carboxylic acids is 1. The summed E-state index contributed by atoms with van der Waals surface area (Å²) in [5.41, 5.74) is 1.28. The van der Waals surface area contributed by atoms with Gasteiger partial charge in [-0.3, -0.25) is 14.5 Å². The molecule has 0 N–H and O–H groups in total. The maximum atomic E-state index is 13.0. The Morgan fingerprint density at radius 3 is 2.50 bits per heavy atom. The molecule has 8 nitrogen and oxygen atoms in total. The van der Waals surface area contributed by atoms with Gasteiger partial charge in [0.2, 0.25) is 0 Å². The SMILES string of the molecule is CC(C)(C)OC(=O)N1Cc2cc(Cl)ccc2-n2c(nnc2C2CCC(Oc3cncc(Cl)c3)CC2)C1. The van der Waals surface area contributed by atoms with Gasteiger partial charge in [0, 0.05) is 23.2 Å². The van der Waals surface area contributed by atoms with Gasteiger partial charge in [0.05, 0.1) is 36.1 Å². The van der Waals surface area contributed by atoms with Crippen LogP contribution < -0.4 is 4.74 Å². The zero-order chi connectivity index (χ0) is 25.4. The number of nitrogens with zero attached hydrogens (tertiary/aromatic N) is 5. The maximum absolute atomic E-state index is 13.0. The van der Waals surface area contributed by atoms with Crippen molar-refractivity contribution in [2.75, 3.05) is 0 Å². The van der Waals surface area contributed by atoms with E-state index in [2.05, 4.69) is 19.7 Å². The van der Waals surface area contributed by atoms with Crippen LogP contribution in [0.5, 0.6) is 5.75 Å². The zero-order valence-corrected chi connectivity index (χ0v) is 22.1. The fourth-order valence-corrected chi connectivity index (χ4v) is 5.19. The Bertz CT molecular complexity index is 1260. The summed E-state index contributed by atoms with van der Waals surface area (Å²) in [5.74, 6) is 2.53. The molecular weight excluding hydrogens is 501 g/mol. The van der Waals surface area contributed by atoms with Gasteiger partial charge in [-0.2, -0.15) is 0 Å². The Labute approximate surface area is 220 Å². The minimum atomic E-state index is -0.596. The number of hydrogen-bond acceptors (Lipinski definition) is 6. The zero-order valence-electron chi connectivity index (χ0n) is 20.6. The highest BCUT2D eigenvalue weighted by Gasteiger charge is 2.33. The fourth-order valence-electron chi connectivity index (χ4n) is 4.83. The van der Waals surface area contributed by atoms with E-state index in [1.807, 2.05) is 39.0 Å². The summed E-state index contributed by atoms with van der Waals surface area (Å²) in [5, 5.41) is 10.3. The number of halogens is 2. The van der Waals surface area contributed by atoms with Crippen molar-refractivity contribution >= 4 is 29.3 Å². The first-order valence-corrected chi connectivity index (χ1v) is 12.9. The van der Waals surface area contributed by atoms with E-state index < -0.39 is 5.60 Å². The Morgan fingerprint density at radius 1 is 1.00 bits per heavy atom. The van der Waals surface area contributed by atoms with E-state index in [1.54, 1.807) is 23.4 Å². The van der Waals surface area contributed by atoms with Crippen LogP contribution in [0.4, 0.5) is 4.79 Å². The molecule has 3 aromatic rings. The van der Waals surface area contributed by atoms with Gasteiger partial charge in [0.25, 0.3) is 0 Å². The van der Waals surface area contributed by atoms with E-state index in [0.717, 1.165) is 42.8 Å². The lowest BCUT2D eigenvalue weighted by molar-refractivity contribution is 0.0214. The van der Waals surface area contributed by atoms with Crippen LogP contribution in [-0.4, -0.2) is 42.4 Å². The monoisotopic (exact) mass is 529 g/mol. The van der Waals surface area contributed by atoms with Gasteiger partial charge >= 0.3 is 6.09 Å². The van der Waals surface area contributed by atoms with E-state index in [9.17, 15) is 4.79 Å². The summed E-state index contributed by atoms with van der Waals surface area (Å²) in [6.07, 6.45) is 6.59. The highest BCUT2D eigenvalue weighted by atomic mass is 35.5. The predicted octanol–water partition coefficient (Wildman–Crippen LogP) is 6.33. The normalized spacial score (nSPS) is 19.8. The van der Waals surface area contributed by atoms with Gasteiger partial charge in [-0.15, -0.1) is 10.2 Å². The molecule has 5 rings (SSSR count). The average Bonchev–Trinajstić information content (AvgIpc) is 3.14. The van der Waals surface area contributed by atoms with E-state index in [0.29, 0.717) is 34.7 Å². The van der Waals surface area contributed by atoms with Crippen molar-refractivity contribution < 1.29 is 14.3 Å². The van der Waals surface area contributed by atoms with Crippen LogP contribution >= 0.6 is 23.2 Å². The van der Waals surface area contributed by atoms with Gasteiger partial charge < -0.3 is 9.47 Å². The van der Waals surface area contributed by atoms with Crippen molar-refractivity contribution in [3.63, 3.8) is 0 Å². The van der Waals surface area contributed by atoms with Crippen molar-refractivity contribution in [3.8, 4) is 11.4 Å². The molecule has 1 saturated carbocycles. The first-order chi connectivity index (χ1) is 17.2. The Hall–Kier alpha value is -2.84. The lowest BCUT2D eigenvalue weighted by Gasteiger charge is -2.29. The van der Waals surface area contributed by atoms with Gasteiger partial charge in [-0.25, -0.2) is 4.79 Å². The molecule has 0 spiro atoms. The summed E-state index contributed by atoms with van der Waals surface area (Å²) in [7, 11) is 0. The molecule has 3 heterocycles. The number of hydrogen-bond donors (Lipinski definition) is 0. The smallest absolute Gasteiger partial charge is 0.411 e. The highest BCUT2D eigenvalue weighted by Crippen LogP contribution is 2.37. The standard InChI is InChI=1S/C26H29Cl2N5O3/c1-26(2,3)36-25(34)32-14-17-10-18(27)6-9-22(17)33-23(15-32)30-31-24(33)16-4-7-20(8-5-16)35-21-11-19(28)12-29-13-21/h6,9-13,16,20H,4-5,7-8,14-15H2,1-3H3. The van der Waals surface area contributed by atoms with Crippen molar-refractivity contribution in [1.82, 2.24) is 24.6 Å². The molecule has 1 fully saturated rings. The summed E-state index contributed by atoms with van der Waals surface area (Å²) in [6.45, 7) is 6.25. The molecule has 36 heavy (non-hydrogen) atoms. The third-order valence-electron chi connectivity index (χ3n) is 6.40. The van der Waals surface area contributed by atoms with E-state index >= 15 is 0 Å². The number of aromatic nitrogens is 4. The van der Waals surface area contributed by atoms with Crippen molar-refractivity contribution in [1.29, 1.82) is 0 Å². The molecule has 10 heteroatoms. The molecule has 1 amide bonds. The topological polar surface area (TPSA) is 82.4 Å². The molecule has 0 radical (unpaired) electrons. The van der Waals surface area contributed by atoms with Crippen LogP contribution in [-0.2, 0) is 17.8 Å². The molecule has 2 aromatic heterocycles. The van der Waals surface area contributed by atoms with Crippen LogP contribution in [0.3, 0.4) is 0 Å². The number of amides is 1. The molecule has 0 bridgehead atoms. The lowest BCUT2D eigenvalue weighted by Crippen LogP contribution is -2.35. The third-order valence-corrected chi connectivity index (χ3v) is 6.85. The van der Waals surface area contributed by atoms with E-state index in [4.69, 9.17) is 32.7 Å². The van der Waals surface area contributed by atoms with Crippen molar-refractivity contribution in [3.05, 3.63) is 63.9 Å². The van der Waals surface area contributed by atoms with Gasteiger partial charge in [-0.1, -0.05) is 23.2 Å². The van der Waals surface area contributed by atoms with Crippen molar-refractivity contribution in [2.24, 2.45) is 0 Å². The van der Waals surface area contributed by atoms with Gasteiger partial charge in [0.15, 0.2) is 5.82 Å². The van der Waals surface area contributed by atoms with Crippen LogP contribution in [0.15, 0.2) is 36.7 Å². The van der Waals surface area contributed by atoms with E-state index in [1.165, 1.54) is 0 Å². The summed E-state index contributed by atoms with van der Waals surface area (Å²) >= 11 is 12.4. The third kappa shape index (κ3) is 5.44. The van der Waals surface area contributed by atoms with E-state index in [-0.39, 0.29) is 18.1 Å². The molecular formula is C26H29Cl2N5O3. The summed E-state index contributed by atoms with van der Waals surface area (Å²) in [6, 6.07) is 7.53. The second-order valence-corrected chi connectivity index (χ2v) is 11.2. The Morgan fingerprint density at radius 2 is 1.78 bits per heavy atom. The summed E-state index contributed by atoms with van der Waals surface area (Å²) < 4.78 is 13.9. The molecule has 1 aliphatic carbocycles. The first-order valence-electron chi connectivity index (χ1n) is 12.1. The molecule has 190 valence electrons. The molecule has 1 aliphatic heterocycles. The molecule has 2 aliphatic rings. The average molecular weight is 530 g/mol. The van der Waals surface area contributed by atoms with Crippen molar-refractivity contribution in [2.45, 2.75) is 77.2 Å². The van der Waals surface area contributed by atoms with Gasteiger partial charge in [-0.05, 0) is 70.2 Å². The second-order valence-electron chi connectivity index (χ2n) is 10.3. The molecule has 1 aromatic carbocycles. The van der Waals surface area contributed by atoms with Crippen LogP contribution in [0.2, 0.25) is 10.0 Å². The second kappa shape index (κ2) is 9.90. The predicted molar refractivity (Wildman–Crippen MR) is 137 cm³/mol. The van der Waals surface area contributed by atoms with Crippen LogP contribution in [0.25, 0.3) is 5.69 Å². The minimum Gasteiger partial charge on any atom is -0.489 e. The molecule has 0 atom stereocenters. The number of benzene rings is 1. The fraction of sp³-hybridized carbons (Fsp3) is 0.462. The number of ether oxygens (including phenoxy) is 2. The number of rotatable bonds is 3. The minimum absolute atomic E-state index is 0.0989. The number of pyridine rings is 1. The number of carbonyl (C=O) groups is 1. The van der Waals surface area contributed by atoms with Crippen LogP contribution in [0, 0.1) is 0 Å². The first kappa shape index (κ1) is 24.8. The summed E-state index contributed by atoms with van der Waals surface area (Å²) in [4.78, 5) is 18.7. The quantitative estimate of drug-likeness (QED) is 0.394. The highest BCUT2D eigenvalue weighted by molar-refractivity contribution is 6.30. The number of fused-ring (bicyclic) bond motifs is 3. The Kier molecular flexibility index (Phi) is 6.83. The molecule has 0 unspecified atom stereocenters. The largest absolute Gasteiger partial charge is 0.489 e. The lowest BCUT2D eigenvalue weighted by atomic mass is 9.86. The van der Waals surface area contributed by atoms with Gasteiger partial charge in [0.1, 0.15) is 17.2 Å². The maximum Gasteiger partial charge on any atom is 0.411 e. The van der Waals surface area contributed by atoms with Crippen LogP contribution in [0.1, 0.15) is 69.6 Å².